The zero-order valence-electron chi connectivity index (χ0n) is 15.4. The molecule has 0 unspecified atom stereocenters. The summed E-state index contributed by atoms with van der Waals surface area (Å²) in [4.78, 5) is 7.75. The van der Waals surface area contributed by atoms with Crippen LogP contribution < -0.4 is 10.6 Å². The van der Waals surface area contributed by atoms with Crippen LogP contribution in [0.4, 0.5) is 11.9 Å². The third-order valence-electron chi connectivity index (χ3n) is 5.83. The van der Waals surface area contributed by atoms with E-state index < -0.39 is 0 Å². The number of piperidine rings is 2. The Morgan fingerprint density at radius 2 is 1.85 bits per heavy atom. The number of nitrogens with zero attached hydrogens (tertiary/aromatic N) is 4. The lowest BCUT2D eigenvalue weighted by atomic mass is 9.90. The van der Waals surface area contributed by atoms with Crippen molar-refractivity contribution < 1.29 is 5.11 Å². The average Bonchev–Trinajstić information content (AvgIpc) is 3.11. The largest absolute Gasteiger partial charge is 0.392 e. The number of likely N-dealkylation sites (tertiary alicyclic amines) is 1. The topological polar surface area (TPSA) is 94.3 Å². The van der Waals surface area contributed by atoms with Gasteiger partial charge >= 0.3 is 0 Å². The Labute approximate surface area is 164 Å². The van der Waals surface area contributed by atoms with Gasteiger partial charge in [-0.05, 0) is 49.8 Å². The fraction of sp³-hybridized carbons (Fsp3) is 0.579. The number of hydrogen-bond donors (Lipinski definition) is 3. The molecule has 2 aliphatic rings. The van der Waals surface area contributed by atoms with Crippen molar-refractivity contribution in [2.75, 3.05) is 30.3 Å². The summed E-state index contributed by atoms with van der Waals surface area (Å²) in [7, 11) is 0. The summed E-state index contributed by atoms with van der Waals surface area (Å²) in [6, 6.07) is 9.09. The molecule has 0 bridgehead atoms. The SMILES string of the molecule is Nc1nnc(N2CCC(N3C[C@H](O)CC[C@@H]3Cc3ccc(Cl)cc3)CC2)[nH]1. The summed E-state index contributed by atoms with van der Waals surface area (Å²) in [5.41, 5.74) is 6.95. The second kappa shape index (κ2) is 8.04. The molecular weight excluding hydrogens is 364 g/mol. The maximum Gasteiger partial charge on any atom is 0.226 e. The van der Waals surface area contributed by atoms with Crippen LogP contribution in [0.15, 0.2) is 24.3 Å². The van der Waals surface area contributed by atoms with Crippen molar-refractivity contribution in [2.24, 2.45) is 0 Å². The van der Waals surface area contributed by atoms with Gasteiger partial charge in [-0.25, -0.2) is 0 Å². The van der Waals surface area contributed by atoms with E-state index >= 15 is 0 Å². The quantitative estimate of drug-likeness (QED) is 0.739. The fourth-order valence-corrected chi connectivity index (χ4v) is 4.54. The lowest BCUT2D eigenvalue weighted by Gasteiger charge is -2.46. The number of nitrogens with two attached hydrogens (primary N) is 1. The second-order valence-corrected chi connectivity index (χ2v) is 8.10. The number of aromatic amines is 1. The van der Waals surface area contributed by atoms with E-state index in [0.29, 0.717) is 18.0 Å². The number of aliphatic hydroxyl groups excluding tert-OH is 1. The van der Waals surface area contributed by atoms with Crippen molar-refractivity contribution in [1.82, 2.24) is 20.1 Å². The first-order valence-corrected chi connectivity index (χ1v) is 10.1. The Hall–Kier alpha value is -1.83. The number of hydrogen-bond acceptors (Lipinski definition) is 6. The molecule has 2 fully saturated rings. The highest BCUT2D eigenvalue weighted by Gasteiger charge is 2.34. The van der Waals surface area contributed by atoms with E-state index in [4.69, 9.17) is 17.3 Å². The lowest BCUT2D eigenvalue weighted by molar-refractivity contribution is 0.00238. The Kier molecular flexibility index (Phi) is 5.52. The number of nitrogen functional groups attached to an aromatic ring is 1. The molecule has 1 aromatic carbocycles. The number of benzene rings is 1. The van der Waals surface area contributed by atoms with Crippen molar-refractivity contribution >= 4 is 23.5 Å². The molecule has 2 aliphatic heterocycles. The van der Waals surface area contributed by atoms with Gasteiger partial charge in [0.15, 0.2) is 0 Å². The summed E-state index contributed by atoms with van der Waals surface area (Å²) in [5, 5.41) is 19.0. The predicted molar refractivity (Wildman–Crippen MR) is 107 cm³/mol. The van der Waals surface area contributed by atoms with Gasteiger partial charge in [-0.3, -0.25) is 9.88 Å². The number of aromatic nitrogens is 3. The molecule has 4 rings (SSSR count). The van der Waals surface area contributed by atoms with Gasteiger partial charge in [0.25, 0.3) is 0 Å². The molecule has 1 aromatic heterocycles. The predicted octanol–water partition coefficient (Wildman–Crippen LogP) is 2.08. The molecule has 2 aromatic rings. The van der Waals surface area contributed by atoms with Crippen molar-refractivity contribution in [2.45, 2.75) is 50.3 Å². The van der Waals surface area contributed by atoms with Crippen LogP contribution in [-0.2, 0) is 6.42 Å². The molecule has 4 N–H and O–H groups in total. The number of halogens is 1. The smallest absolute Gasteiger partial charge is 0.226 e. The van der Waals surface area contributed by atoms with E-state index in [-0.39, 0.29) is 6.10 Å². The number of H-pyrrole nitrogens is 1. The zero-order valence-corrected chi connectivity index (χ0v) is 16.1. The highest BCUT2D eigenvalue weighted by Crippen LogP contribution is 2.29. The third kappa shape index (κ3) is 4.36. The number of anilines is 2. The normalized spacial score (nSPS) is 25.0. The van der Waals surface area contributed by atoms with E-state index in [1.54, 1.807) is 0 Å². The number of nitrogens with one attached hydrogen (secondary N) is 1. The first kappa shape index (κ1) is 18.5. The number of aliphatic hydroxyl groups is 1. The first-order valence-electron chi connectivity index (χ1n) is 9.70. The summed E-state index contributed by atoms with van der Waals surface area (Å²) in [5.74, 6) is 1.11. The molecule has 0 aliphatic carbocycles. The van der Waals surface area contributed by atoms with Crippen molar-refractivity contribution in [3.05, 3.63) is 34.9 Å². The maximum absolute atomic E-state index is 10.3. The van der Waals surface area contributed by atoms with Gasteiger partial charge in [0.1, 0.15) is 0 Å². The first-order chi connectivity index (χ1) is 13.1. The summed E-state index contributed by atoms with van der Waals surface area (Å²) in [6.45, 7) is 2.59. The van der Waals surface area contributed by atoms with Gasteiger partial charge in [-0.1, -0.05) is 23.7 Å². The molecule has 0 amide bonds. The van der Waals surface area contributed by atoms with Crippen molar-refractivity contribution in [3.63, 3.8) is 0 Å². The average molecular weight is 391 g/mol. The van der Waals surface area contributed by atoms with Crippen LogP contribution >= 0.6 is 11.6 Å². The van der Waals surface area contributed by atoms with Gasteiger partial charge in [0.05, 0.1) is 6.10 Å². The molecule has 27 heavy (non-hydrogen) atoms. The molecule has 3 heterocycles. The molecule has 0 spiro atoms. The molecule has 0 saturated carbocycles. The molecule has 146 valence electrons. The summed E-state index contributed by atoms with van der Waals surface area (Å²) < 4.78 is 0. The van der Waals surface area contributed by atoms with Crippen LogP contribution in [0.25, 0.3) is 0 Å². The van der Waals surface area contributed by atoms with Crippen LogP contribution in [-0.4, -0.2) is 63.0 Å². The van der Waals surface area contributed by atoms with E-state index in [1.807, 2.05) is 12.1 Å². The van der Waals surface area contributed by atoms with Gasteiger partial charge in [0.2, 0.25) is 11.9 Å². The molecule has 8 heteroatoms. The minimum atomic E-state index is -0.224. The number of rotatable bonds is 4. The minimum absolute atomic E-state index is 0.224. The molecule has 2 saturated heterocycles. The standard InChI is InChI=1S/C19H27ClN6O/c20-14-3-1-13(2-4-14)11-16-5-6-17(27)12-26(16)15-7-9-25(10-8-15)19-22-18(21)23-24-19/h1-4,15-17,27H,5-12H2,(H3,21,22,23,24)/t16-,17-/m1/s1. The Balaban J connectivity index is 1.41. The van der Waals surface area contributed by atoms with Crippen molar-refractivity contribution in [3.8, 4) is 0 Å². The van der Waals surface area contributed by atoms with Gasteiger partial charge in [-0.15, -0.1) is 10.2 Å². The van der Waals surface area contributed by atoms with Crippen LogP contribution in [0.2, 0.25) is 5.02 Å². The van der Waals surface area contributed by atoms with Crippen LogP contribution in [0.5, 0.6) is 0 Å². The number of β-amino-alcohol motifs (C(OH)–C–C–N with tert-alkyl or cyclic N) is 1. The van der Waals surface area contributed by atoms with E-state index in [0.717, 1.165) is 62.7 Å². The van der Waals surface area contributed by atoms with E-state index in [2.05, 4.69) is 37.1 Å². The minimum Gasteiger partial charge on any atom is -0.392 e. The Bertz CT molecular complexity index is 743. The molecule has 0 radical (unpaired) electrons. The maximum atomic E-state index is 10.3. The van der Waals surface area contributed by atoms with E-state index in [1.165, 1.54) is 5.56 Å². The Morgan fingerprint density at radius 3 is 2.52 bits per heavy atom. The van der Waals surface area contributed by atoms with Gasteiger partial charge < -0.3 is 15.7 Å². The molecular formula is C19H27ClN6O. The Morgan fingerprint density at radius 1 is 1.11 bits per heavy atom. The lowest BCUT2D eigenvalue weighted by Crippen LogP contribution is -2.54. The second-order valence-electron chi connectivity index (χ2n) is 7.66. The van der Waals surface area contributed by atoms with Crippen LogP contribution in [0, 0.1) is 0 Å². The summed E-state index contributed by atoms with van der Waals surface area (Å²) >= 11 is 6.02. The van der Waals surface area contributed by atoms with Gasteiger partial charge in [0, 0.05) is 36.7 Å². The highest BCUT2D eigenvalue weighted by atomic mass is 35.5. The highest BCUT2D eigenvalue weighted by molar-refractivity contribution is 6.30. The van der Waals surface area contributed by atoms with Crippen LogP contribution in [0.1, 0.15) is 31.2 Å². The fourth-order valence-electron chi connectivity index (χ4n) is 4.41. The van der Waals surface area contributed by atoms with Crippen molar-refractivity contribution in [1.29, 1.82) is 0 Å². The monoisotopic (exact) mass is 390 g/mol. The van der Waals surface area contributed by atoms with Crippen LogP contribution in [0.3, 0.4) is 0 Å². The van der Waals surface area contributed by atoms with E-state index in [9.17, 15) is 5.11 Å². The summed E-state index contributed by atoms with van der Waals surface area (Å²) in [6.07, 6.45) is 4.78. The molecule has 2 atom stereocenters. The zero-order chi connectivity index (χ0) is 18.8. The third-order valence-corrected chi connectivity index (χ3v) is 6.09. The molecule has 7 nitrogen and oxygen atoms in total. The van der Waals surface area contributed by atoms with Gasteiger partial charge in [-0.2, -0.15) is 0 Å².